The molecule has 3 aromatic rings. The largest absolute Gasteiger partial charge is 0.478 e. The molecule has 0 unspecified atom stereocenters. The van der Waals surface area contributed by atoms with Crippen LogP contribution in [0.4, 0.5) is 4.39 Å². The number of aliphatic hydroxyl groups excluding tert-OH is 1. The second-order valence-electron chi connectivity index (χ2n) is 8.69. The van der Waals surface area contributed by atoms with Gasteiger partial charge >= 0.3 is 0 Å². The molecule has 0 aromatic carbocycles. The van der Waals surface area contributed by atoms with E-state index >= 15 is 0 Å². The molecule has 0 aliphatic heterocycles. The molecule has 3 heterocycles. The van der Waals surface area contributed by atoms with Gasteiger partial charge in [-0.1, -0.05) is 0 Å². The zero-order valence-electron chi connectivity index (χ0n) is 18.7. The van der Waals surface area contributed by atoms with Crippen LogP contribution in [0.2, 0.25) is 0 Å². The molecule has 1 aliphatic carbocycles. The van der Waals surface area contributed by atoms with Crippen molar-refractivity contribution in [3.8, 4) is 17.1 Å². The summed E-state index contributed by atoms with van der Waals surface area (Å²) in [5, 5.41) is 17.8. The number of pyridine rings is 2. The number of hydrogen-bond donors (Lipinski definition) is 2. The minimum absolute atomic E-state index is 0.0446. The Kier molecular flexibility index (Phi) is 5.85. The first-order chi connectivity index (χ1) is 15.2. The van der Waals surface area contributed by atoms with Crippen molar-refractivity contribution in [1.29, 1.82) is 0 Å². The highest BCUT2D eigenvalue weighted by Gasteiger charge is 2.39. The minimum Gasteiger partial charge on any atom is -0.478 e. The van der Waals surface area contributed by atoms with Crippen LogP contribution in [0.15, 0.2) is 24.5 Å². The molecule has 8 nitrogen and oxygen atoms in total. The van der Waals surface area contributed by atoms with Crippen LogP contribution in [0.1, 0.15) is 63.4 Å². The van der Waals surface area contributed by atoms with Gasteiger partial charge in [-0.25, -0.2) is 9.37 Å². The lowest BCUT2D eigenvalue weighted by molar-refractivity contribution is 0.0708. The molecule has 1 saturated carbocycles. The summed E-state index contributed by atoms with van der Waals surface area (Å²) in [6.45, 7) is 7.99. The van der Waals surface area contributed by atoms with E-state index in [9.17, 15) is 14.3 Å². The summed E-state index contributed by atoms with van der Waals surface area (Å²) < 4.78 is 21.8. The van der Waals surface area contributed by atoms with E-state index in [1.807, 2.05) is 27.7 Å². The molecule has 0 saturated heterocycles. The summed E-state index contributed by atoms with van der Waals surface area (Å²) in [6.07, 6.45) is 4.23. The van der Waals surface area contributed by atoms with E-state index in [0.717, 1.165) is 12.6 Å². The van der Waals surface area contributed by atoms with Crippen LogP contribution < -0.4 is 10.1 Å². The number of carbonyl (C=O) groups excluding carboxylic acids is 1. The molecular formula is C23H28FN5O3. The fourth-order valence-electron chi connectivity index (χ4n) is 4.17. The fourth-order valence-corrected chi connectivity index (χ4v) is 4.17. The number of halogens is 1. The monoisotopic (exact) mass is 441 g/mol. The molecule has 0 spiro atoms. The van der Waals surface area contributed by atoms with Crippen LogP contribution >= 0.6 is 0 Å². The summed E-state index contributed by atoms with van der Waals surface area (Å²) in [5.74, 6) is -0.541. The number of nitrogens with zero attached hydrogens (tertiary/aromatic N) is 4. The molecule has 32 heavy (non-hydrogen) atoms. The Morgan fingerprint density at radius 2 is 2.16 bits per heavy atom. The highest BCUT2D eigenvalue weighted by atomic mass is 19.1. The lowest BCUT2D eigenvalue weighted by atomic mass is 9.97. The summed E-state index contributed by atoms with van der Waals surface area (Å²) in [4.78, 5) is 21.4. The molecule has 170 valence electrons. The smallest absolute Gasteiger partial charge is 0.253 e. The quantitative estimate of drug-likeness (QED) is 0.606. The maximum absolute atomic E-state index is 14.7. The molecule has 4 rings (SSSR count). The van der Waals surface area contributed by atoms with Crippen LogP contribution in [0.25, 0.3) is 22.3 Å². The summed E-state index contributed by atoms with van der Waals surface area (Å²) in [6, 6.07) is 3.17. The number of hydrogen-bond acceptors (Lipinski definition) is 6. The number of aliphatic hydroxyl groups is 1. The van der Waals surface area contributed by atoms with Crippen LogP contribution in [0.3, 0.4) is 0 Å². The normalized spacial score (nSPS) is 20.8. The summed E-state index contributed by atoms with van der Waals surface area (Å²) >= 11 is 0. The first-order valence-electron chi connectivity index (χ1n) is 10.9. The van der Waals surface area contributed by atoms with Crippen LogP contribution in [-0.4, -0.2) is 49.0 Å². The Bertz CT molecular complexity index is 1160. The first kappa shape index (κ1) is 22.1. The second-order valence-corrected chi connectivity index (χ2v) is 8.69. The molecule has 3 aromatic heterocycles. The molecule has 0 bridgehead atoms. The van der Waals surface area contributed by atoms with Gasteiger partial charge in [-0.15, -0.1) is 0 Å². The predicted octanol–water partition coefficient (Wildman–Crippen LogP) is 3.65. The van der Waals surface area contributed by atoms with E-state index in [1.54, 1.807) is 10.7 Å². The van der Waals surface area contributed by atoms with Crippen molar-refractivity contribution >= 4 is 16.9 Å². The third kappa shape index (κ3) is 3.92. The van der Waals surface area contributed by atoms with E-state index in [1.165, 1.54) is 12.3 Å². The van der Waals surface area contributed by atoms with Crippen LogP contribution in [0, 0.1) is 5.82 Å². The maximum Gasteiger partial charge on any atom is 0.253 e. The molecule has 9 heteroatoms. The summed E-state index contributed by atoms with van der Waals surface area (Å²) in [7, 11) is 0. The average molecular weight is 442 g/mol. The fraction of sp³-hybridized carbons (Fsp3) is 0.478. The van der Waals surface area contributed by atoms with Gasteiger partial charge in [-0.2, -0.15) is 5.10 Å². The molecule has 1 amide bonds. The van der Waals surface area contributed by atoms with Crippen LogP contribution in [0.5, 0.6) is 5.88 Å². The minimum atomic E-state index is -0.661. The van der Waals surface area contributed by atoms with Gasteiger partial charge in [0.1, 0.15) is 11.2 Å². The standard InChI is InChI=1S/C23H28FN5O3/c1-5-32-19-10-15(16(24)12-25-19)20-21-17(29(28-20)13(2)3)9-14(11-26-21)22(31)27-23(4)8-6-7-18(23)30/h9-13,18,30H,5-8H2,1-4H3,(H,27,31)/t18-,23+/m1/s1. The van der Waals surface area contributed by atoms with Gasteiger partial charge in [0.05, 0.1) is 35.5 Å². The van der Waals surface area contributed by atoms with E-state index in [4.69, 9.17) is 4.74 Å². The van der Waals surface area contributed by atoms with Gasteiger partial charge in [0.2, 0.25) is 5.88 Å². The summed E-state index contributed by atoms with van der Waals surface area (Å²) in [5.41, 5.74) is 1.39. The molecular weight excluding hydrogens is 413 g/mol. The van der Waals surface area contributed by atoms with Crippen molar-refractivity contribution in [2.45, 2.75) is 64.6 Å². The van der Waals surface area contributed by atoms with Gasteiger partial charge in [0, 0.05) is 23.9 Å². The maximum atomic E-state index is 14.7. The third-order valence-corrected chi connectivity index (χ3v) is 5.98. The topological polar surface area (TPSA) is 102 Å². The highest BCUT2D eigenvalue weighted by molar-refractivity contribution is 5.99. The second kappa shape index (κ2) is 8.46. The number of aromatic nitrogens is 4. The molecule has 2 N–H and O–H groups in total. The zero-order valence-corrected chi connectivity index (χ0v) is 18.7. The Labute approximate surface area is 185 Å². The third-order valence-electron chi connectivity index (χ3n) is 5.98. The lowest BCUT2D eigenvalue weighted by Gasteiger charge is -2.29. The number of nitrogens with one attached hydrogen (secondary N) is 1. The van der Waals surface area contributed by atoms with E-state index < -0.39 is 17.5 Å². The van der Waals surface area contributed by atoms with Gasteiger partial charge in [0.25, 0.3) is 5.91 Å². The van der Waals surface area contributed by atoms with E-state index in [-0.39, 0.29) is 17.5 Å². The van der Waals surface area contributed by atoms with Crippen molar-refractivity contribution < 1.29 is 19.0 Å². The zero-order chi connectivity index (χ0) is 23.0. The Hall–Kier alpha value is -3.07. The Morgan fingerprint density at radius 3 is 2.81 bits per heavy atom. The lowest BCUT2D eigenvalue weighted by Crippen LogP contribution is -2.51. The highest BCUT2D eigenvalue weighted by Crippen LogP contribution is 2.33. The number of ether oxygens (including phenoxy) is 1. The molecule has 0 radical (unpaired) electrons. The molecule has 2 atom stereocenters. The van der Waals surface area contributed by atoms with Crippen molar-refractivity contribution in [2.75, 3.05) is 6.61 Å². The number of carbonyl (C=O) groups is 1. The van der Waals surface area contributed by atoms with Gasteiger partial charge in [-0.05, 0) is 53.0 Å². The number of amides is 1. The van der Waals surface area contributed by atoms with Gasteiger partial charge in [-0.3, -0.25) is 14.5 Å². The Morgan fingerprint density at radius 1 is 1.38 bits per heavy atom. The van der Waals surface area contributed by atoms with Crippen molar-refractivity contribution in [2.24, 2.45) is 0 Å². The van der Waals surface area contributed by atoms with Gasteiger partial charge in [0.15, 0.2) is 5.82 Å². The predicted molar refractivity (Wildman–Crippen MR) is 118 cm³/mol. The van der Waals surface area contributed by atoms with Crippen molar-refractivity contribution in [1.82, 2.24) is 25.1 Å². The number of fused-ring (bicyclic) bond motifs is 1. The van der Waals surface area contributed by atoms with Gasteiger partial charge < -0.3 is 15.2 Å². The average Bonchev–Trinajstić information content (AvgIpc) is 3.29. The first-order valence-corrected chi connectivity index (χ1v) is 10.9. The number of rotatable bonds is 6. The van der Waals surface area contributed by atoms with Crippen molar-refractivity contribution in [3.05, 3.63) is 35.9 Å². The van der Waals surface area contributed by atoms with Crippen LogP contribution in [-0.2, 0) is 0 Å². The SMILES string of the molecule is CCOc1cc(-c2nn(C(C)C)c3cc(C(=O)N[C@@]4(C)CCC[C@H]4O)cnc23)c(F)cn1. The molecule has 1 aliphatic rings. The Balaban J connectivity index is 1.77. The van der Waals surface area contributed by atoms with E-state index in [0.29, 0.717) is 47.6 Å². The van der Waals surface area contributed by atoms with E-state index in [2.05, 4.69) is 20.4 Å². The molecule has 1 fully saturated rings. The van der Waals surface area contributed by atoms with Crippen molar-refractivity contribution in [3.63, 3.8) is 0 Å².